The van der Waals surface area contributed by atoms with Gasteiger partial charge in [-0.05, 0) is 40.9 Å². The molecule has 0 saturated heterocycles. The predicted molar refractivity (Wildman–Crippen MR) is 99.6 cm³/mol. The average molecular weight is 332 g/mol. The standard InChI is InChI=1S/C21H33NO2/c1-14(2)17-11-15(12-18(20(17)24)21(3,4)5)13-19(23)22-16-9-7-6-8-10-16/h11-12,14,16,24H,6-10,13H2,1-5H3,(H,22,23). The first-order valence-corrected chi connectivity index (χ1v) is 9.34. The molecule has 3 nitrogen and oxygen atoms in total. The molecule has 0 aliphatic heterocycles. The number of aromatic hydroxyl groups is 1. The van der Waals surface area contributed by atoms with E-state index in [1.807, 2.05) is 12.1 Å². The van der Waals surface area contributed by atoms with E-state index in [4.69, 9.17) is 0 Å². The first-order chi connectivity index (χ1) is 11.2. The first-order valence-electron chi connectivity index (χ1n) is 9.34. The summed E-state index contributed by atoms with van der Waals surface area (Å²) in [6.45, 7) is 10.4. The summed E-state index contributed by atoms with van der Waals surface area (Å²) in [5.74, 6) is 0.712. The van der Waals surface area contributed by atoms with Crippen LogP contribution in [0.5, 0.6) is 5.75 Å². The molecule has 1 fully saturated rings. The molecule has 1 aliphatic carbocycles. The number of hydrogen-bond acceptors (Lipinski definition) is 2. The van der Waals surface area contributed by atoms with E-state index < -0.39 is 0 Å². The Kier molecular flexibility index (Phi) is 5.95. The molecule has 1 aliphatic rings. The highest BCUT2D eigenvalue weighted by Gasteiger charge is 2.23. The fraction of sp³-hybridized carbons (Fsp3) is 0.667. The molecule has 0 heterocycles. The van der Waals surface area contributed by atoms with Gasteiger partial charge < -0.3 is 10.4 Å². The molecule has 134 valence electrons. The van der Waals surface area contributed by atoms with Crippen molar-refractivity contribution in [2.45, 2.75) is 90.5 Å². The van der Waals surface area contributed by atoms with Gasteiger partial charge in [-0.25, -0.2) is 0 Å². The number of carbonyl (C=O) groups is 1. The molecule has 0 bridgehead atoms. The molecule has 3 heteroatoms. The van der Waals surface area contributed by atoms with Crippen molar-refractivity contribution in [3.8, 4) is 5.75 Å². The van der Waals surface area contributed by atoms with Gasteiger partial charge in [-0.3, -0.25) is 4.79 Å². The Bertz CT molecular complexity index is 578. The zero-order chi connectivity index (χ0) is 17.9. The van der Waals surface area contributed by atoms with Gasteiger partial charge in [-0.1, -0.05) is 66.0 Å². The van der Waals surface area contributed by atoms with Crippen molar-refractivity contribution in [2.75, 3.05) is 0 Å². The number of carbonyl (C=O) groups excluding carboxylic acids is 1. The van der Waals surface area contributed by atoms with Crippen molar-refractivity contribution in [1.29, 1.82) is 0 Å². The van der Waals surface area contributed by atoms with Crippen molar-refractivity contribution in [1.82, 2.24) is 5.32 Å². The largest absolute Gasteiger partial charge is 0.507 e. The monoisotopic (exact) mass is 331 g/mol. The summed E-state index contributed by atoms with van der Waals surface area (Å²) in [6.07, 6.45) is 6.32. The second-order valence-electron chi connectivity index (χ2n) is 8.57. The predicted octanol–water partition coefficient (Wildman–Crippen LogP) is 4.80. The lowest BCUT2D eigenvalue weighted by Crippen LogP contribution is -2.37. The highest BCUT2D eigenvalue weighted by Crippen LogP contribution is 2.37. The molecule has 0 spiro atoms. The number of phenolic OH excluding ortho intramolecular Hbond substituents is 1. The van der Waals surface area contributed by atoms with E-state index in [-0.39, 0.29) is 17.2 Å². The summed E-state index contributed by atoms with van der Waals surface area (Å²) >= 11 is 0. The van der Waals surface area contributed by atoms with Crippen LogP contribution in [0, 0.1) is 0 Å². The van der Waals surface area contributed by atoms with Crippen molar-refractivity contribution in [3.05, 3.63) is 28.8 Å². The minimum absolute atomic E-state index is 0.0992. The third kappa shape index (κ3) is 4.75. The fourth-order valence-electron chi connectivity index (χ4n) is 3.54. The van der Waals surface area contributed by atoms with Gasteiger partial charge in [0.1, 0.15) is 5.75 Å². The number of nitrogens with one attached hydrogen (secondary N) is 1. The van der Waals surface area contributed by atoms with Crippen molar-refractivity contribution >= 4 is 5.91 Å². The fourth-order valence-corrected chi connectivity index (χ4v) is 3.54. The molecule has 1 amide bonds. The molecular weight excluding hydrogens is 298 g/mol. The zero-order valence-electron chi connectivity index (χ0n) is 15.9. The molecule has 2 rings (SSSR count). The van der Waals surface area contributed by atoms with Crippen molar-refractivity contribution < 1.29 is 9.90 Å². The molecule has 1 aromatic rings. The zero-order valence-corrected chi connectivity index (χ0v) is 15.9. The van der Waals surface area contributed by atoms with Crippen LogP contribution in [0.2, 0.25) is 0 Å². The van der Waals surface area contributed by atoms with Crippen molar-refractivity contribution in [2.24, 2.45) is 0 Å². The Morgan fingerprint density at radius 3 is 2.38 bits per heavy atom. The Morgan fingerprint density at radius 1 is 1.21 bits per heavy atom. The van der Waals surface area contributed by atoms with E-state index >= 15 is 0 Å². The van der Waals surface area contributed by atoms with Gasteiger partial charge in [0.05, 0.1) is 6.42 Å². The molecule has 0 aromatic heterocycles. The van der Waals surface area contributed by atoms with Gasteiger partial charge in [0.15, 0.2) is 0 Å². The van der Waals surface area contributed by atoms with Crippen LogP contribution in [-0.4, -0.2) is 17.1 Å². The maximum atomic E-state index is 12.4. The number of hydrogen-bond donors (Lipinski definition) is 2. The summed E-state index contributed by atoms with van der Waals surface area (Å²) < 4.78 is 0. The van der Waals surface area contributed by atoms with E-state index in [0.29, 0.717) is 18.2 Å². The van der Waals surface area contributed by atoms with E-state index in [1.54, 1.807) is 0 Å². The van der Waals surface area contributed by atoms with Crippen molar-refractivity contribution in [3.63, 3.8) is 0 Å². The van der Waals surface area contributed by atoms with Crippen LogP contribution in [0.15, 0.2) is 12.1 Å². The minimum atomic E-state index is -0.149. The van der Waals surface area contributed by atoms with Crippen LogP contribution in [-0.2, 0) is 16.6 Å². The lowest BCUT2D eigenvalue weighted by Gasteiger charge is -2.25. The van der Waals surface area contributed by atoms with Gasteiger partial charge in [-0.15, -0.1) is 0 Å². The van der Waals surface area contributed by atoms with E-state index in [1.165, 1.54) is 19.3 Å². The van der Waals surface area contributed by atoms with Gasteiger partial charge in [-0.2, -0.15) is 0 Å². The van der Waals surface area contributed by atoms with Gasteiger partial charge in [0.25, 0.3) is 0 Å². The topological polar surface area (TPSA) is 49.3 Å². The second-order valence-corrected chi connectivity index (χ2v) is 8.57. The molecule has 2 N–H and O–H groups in total. The third-order valence-corrected chi connectivity index (χ3v) is 4.96. The maximum Gasteiger partial charge on any atom is 0.224 e. The quantitative estimate of drug-likeness (QED) is 0.832. The molecule has 0 unspecified atom stereocenters. The van der Waals surface area contributed by atoms with Crippen LogP contribution in [0.25, 0.3) is 0 Å². The SMILES string of the molecule is CC(C)c1cc(CC(=O)NC2CCCCC2)cc(C(C)(C)C)c1O. The summed E-state index contributed by atoms with van der Waals surface area (Å²) in [6, 6.07) is 4.34. The maximum absolute atomic E-state index is 12.4. The van der Waals surface area contributed by atoms with Crippen LogP contribution in [0.1, 0.15) is 89.3 Å². The lowest BCUT2D eigenvalue weighted by molar-refractivity contribution is -0.121. The molecule has 0 radical (unpaired) electrons. The van der Waals surface area contributed by atoms with Gasteiger partial charge >= 0.3 is 0 Å². The Balaban J connectivity index is 2.19. The smallest absolute Gasteiger partial charge is 0.224 e. The molecular formula is C21H33NO2. The number of benzene rings is 1. The molecule has 0 atom stereocenters. The minimum Gasteiger partial charge on any atom is -0.507 e. The van der Waals surface area contributed by atoms with Gasteiger partial charge in [0, 0.05) is 6.04 Å². The summed E-state index contributed by atoms with van der Waals surface area (Å²) in [4.78, 5) is 12.4. The third-order valence-electron chi connectivity index (χ3n) is 4.96. The molecule has 24 heavy (non-hydrogen) atoms. The second kappa shape index (κ2) is 7.58. The highest BCUT2D eigenvalue weighted by molar-refractivity contribution is 5.79. The van der Waals surface area contributed by atoms with Crippen LogP contribution < -0.4 is 5.32 Å². The van der Waals surface area contributed by atoms with E-state index in [2.05, 4.69) is 39.9 Å². The van der Waals surface area contributed by atoms with Crippen LogP contribution >= 0.6 is 0 Å². The Hall–Kier alpha value is -1.51. The van der Waals surface area contributed by atoms with Crippen LogP contribution in [0.4, 0.5) is 0 Å². The van der Waals surface area contributed by atoms with E-state index in [9.17, 15) is 9.90 Å². The Labute approximate surface area is 146 Å². The highest BCUT2D eigenvalue weighted by atomic mass is 16.3. The summed E-state index contributed by atoms with van der Waals surface area (Å²) in [5.41, 5.74) is 2.70. The summed E-state index contributed by atoms with van der Waals surface area (Å²) in [5, 5.41) is 13.8. The number of amides is 1. The van der Waals surface area contributed by atoms with E-state index in [0.717, 1.165) is 29.5 Å². The first kappa shape index (κ1) is 18.8. The normalized spacial score (nSPS) is 16.4. The van der Waals surface area contributed by atoms with Crippen LogP contribution in [0.3, 0.4) is 0 Å². The molecule has 1 saturated carbocycles. The number of phenols is 1. The average Bonchev–Trinajstić information content (AvgIpc) is 2.48. The summed E-state index contributed by atoms with van der Waals surface area (Å²) in [7, 11) is 0. The lowest BCUT2D eigenvalue weighted by atomic mass is 9.82. The Morgan fingerprint density at radius 2 is 1.83 bits per heavy atom. The molecule has 1 aromatic carbocycles. The number of rotatable bonds is 4. The van der Waals surface area contributed by atoms with Gasteiger partial charge in [0.2, 0.25) is 5.91 Å².